The molecule has 0 spiro atoms. The Hall–Kier alpha value is -2.24. The van der Waals surface area contributed by atoms with Crippen LogP contribution in [0.5, 0.6) is 11.5 Å². The van der Waals surface area contributed by atoms with Crippen LogP contribution >= 0.6 is 0 Å². The Labute approximate surface area is 124 Å². The number of rotatable bonds is 7. The first-order valence-corrected chi connectivity index (χ1v) is 6.85. The first kappa shape index (κ1) is 16.8. The van der Waals surface area contributed by atoms with Gasteiger partial charge in [-0.3, -0.25) is 9.59 Å². The second-order valence-electron chi connectivity index (χ2n) is 4.41. The van der Waals surface area contributed by atoms with Gasteiger partial charge in [0.25, 0.3) is 5.91 Å². The van der Waals surface area contributed by atoms with Crippen molar-refractivity contribution < 1.29 is 24.2 Å². The molecule has 116 valence electrons. The molecule has 1 rings (SSSR count). The molecule has 1 aromatic carbocycles. The van der Waals surface area contributed by atoms with E-state index < -0.39 is 11.9 Å². The molecule has 0 heterocycles. The van der Waals surface area contributed by atoms with Crippen LogP contribution in [-0.4, -0.2) is 48.7 Å². The molecule has 0 saturated carbocycles. The van der Waals surface area contributed by atoms with E-state index in [9.17, 15) is 14.7 Å². The minimum absolute atomic E-state index is 0.133. The predicted octanol–water partition coefficient (Wildman–Crippen LogP) is 1.82. The van der Waals surface area contributed by atoms with E-state index in [1.165, 1.54) is 24.1 Å². The van der Waals surface area contributed by atoms with Crippen LogP contribution < -0.4 is 4.74 Å². The van der Waals surface area contributed by atoms with E-state index in [2.05, 4.69) is 0 Å². The van der Waals surface area contributed by atoms with Crippen LogP contribution in [0.3, 0.4) is 0 Å². The maximum atomic E-state index is 12.4. The SMILES string of the molecule is CCCN(CC(=O)OCC)C(=O)c1ccc(OC)cc1O. The Balaban J connectivity index is 2.92. The second kappa shape index (κ2) is 8.14. The average molecular weight is 295 g/mol. The monoisotopic (exact) mass is 295 g/mol. The molecular weight excluding hydrogens is 274 g/mol. The number of carbonyl (C=O) groups excluding carboxylic acids is 2. The maximum absolute atomic E-state index is 12.4. The highest BCUT2D eigenvalue weighted by Gasteiger charge is 2.21. The van der Waals surface area contributed by atoms with Crippen LogP contribution in [0, 0.1) is 0 Å². The molecule has 1 N–H and O–H groups in total. The van der Waals surface area contributed by atoms with Gasteiger partial charge in [-0.1, -0.05) is 6.92 Å². The van der Waals surface area contributed by atoms with E-state index >= 15 is 0 Å². The van der Waals surface area contributed by atoms with Crippen molar-refractivity contribution in [2.45, 2.75) is 20.3 Å². The van der Waals surface area contributed by atoms with Crippen molar-refractivity contribution in [1.29, 1.82) is 0 Å². The molecule has 0 aliphatic heterocycles. The largest absolute Gasteiger partial charge is 0.507 e. The van der Waals surface area contributed by atoms with Crippen LogP contribution in [0.15, 0.2) is 18.2 Å². The van der Waals surface area contributed by atoms with Crippen molar-refractivity contribution in [3.63, 3.8) is 0 Å². The van der Waals surface area contributed by atoms with Gasteiger partial charge in [0.2, 0.25) is 0 Å². The van der Waals surface area contributed by atoms with Crippen molar-refractivity contribution in [2.75, 3.05) is 26.8 Å². The number of hydrogen-bond donors (Lipinski definition) is 1. The van der Waals surface area contributed by atoms with Gasteiger partial charge in [0.1, 0.15) is 18.0 Å². The zero-order chi connectivity index (χ0) is 15.8. The van der Waals surface area contributed by atoms with E-state index in [0.717, 1.165) is 0 Å². The first-order valence-electron chi connectivity index (χ1n) is 6.85. The van der Waals surface area contributed by atoms with Crippen LogP contribution in [-0.2, 0) is 9.53 Å². The van der Waals surface area contributed by atoms with Crippen molar-refractivity contribution in [3.8, 4) is 11.5 Å². The molecule has 6 heteroatoms. The quantitative estimate of drug-likeness (QED) is 0.776. The predicted molar refractivity (Wildman–Crippen MR) is 77.5 cm³/mol. The van der Waals surface area contributed by atoms with Gasteiger partial charge in [0.05, 0.1) is 19.3 Å². The summed E-state index contributed by atoms with van der Waals surface area (Å²) in [5, 5.41) is 9.90. The Morgan fingerprint density at radius 2 is 2.00 bits per heavy atom. The molecule has 6 nitrogen and oxygen atoms in total. The topological polar surface area (TPSA) is 76.1 Å². The second-order valence-corrected chi connectivity index (χ2v) is 4.41. The number of ether oxygens (including phenoxy) is 2. The lowest BCUT2D eigenvalue weighted by molar-refractivity contribution is -0.143. The highest BCUT2D eigenvalue weighted by Crippen LogP contribution is 2.24. The Morgan fingerprint density at radius 3 is 2.52 bits per heavy atom. The lowest BCUT2D eigenvalue weighted by atomic mass is 10.1. The Morgan fingerprint density at radius 1 is 1.29 bits per heavy atom. The standard InChI is InChI=1S/C15H21NO5/c1-4-8-16(10-14(18)21-5-2)15(19)12-7-6-11(20-3)9-13(12)17/h6-7,9,17H,4-5,8,10H2,1-3H3. The molecule has 0 aromatic heterocycles. The molecule has 0 aliphatic carbocycles. The van der Waals surface area contributed by atoms with Gasteiger partial charge in [0.15, 0.2) is 0 Å². The molecule has 0 radical (unpaired) electrons. The van der Waals surface area contributed by atoms with Gasteiger partial charge in [-0.05, 0) is 25.5 Å². The highest BCUT2D eigenvalue weighted by molar-refractivity contribution is 5.98. The van der Waals surface area contributed by atoms with E-state index in [1.807, 2.05) is 6.92 Å². The summed E-state index contributed by atoms with van der Waals surface area (Å²) < 4.78 is 9.83. The number of amides is 1. The van der Waals surface area contributed by atoms with E-state index in [0.29, 0.717) is 18.7 Å². The fourth-order valence-corrected chi connectivity index (χ4v) is 1.87. The van der Waals surface area contributed by atoms with Gasteiger partial charge < -0.3 is 19.5 Å². The molecule has 1 aromatic rings. The molecule has 0 bridgehead atoms. The summed E-state index contributed by atoms with van der Waals surface area (Å²) in [6.07, 6.45) is 0.696. The number of aromatic hydroxyl groups is 1. The van der Waals surface area contributed by atoms with Crippen molar-refractivity contribution in [1.82, 2.24) is 4.90 Å². The van der Waals surface area contributed by atoms with Crippen molar-refractivity contribution in [3.05, 3.63) is 23.8 Å². The molecule has 0 aliphatic rings. The van der Waals surface area contributed by atoms with E-state index in [-0.39, 0.29) is 24.5 Å². The fourth-order valence-electron chi connectivity index (χ4n) is 1.87. The summed E-state index contributed by atoms with van der Waals surface area (Å²) in [4.78, 5) is 25.3. The summed E-state index contributed by atoms with van der Waals surface area (Å²) in [6, 6.07) is 4.42. The number of hydrogen-bond acceptors (Lipinski definition) is 5. The number of benzene rings is 1. The van der Waals surface area contributed by atoms with Gasteiger partial charge in [-0.2, -0.15) is 0 Å². The summed E-state index contributed by atoms with van der Waals surface area (Å²) in [7, 11) is 1.47. The molecule has 21 heavy (non-hydrogen) atoms. The van der Waals surface area contributed by atoms with Crippen LogP contribution in [0.1, 0.15) is 30.6 Å². The van der Waals surface area contributed by atoms with Crippen LogP contribution in [0.2, 0.25) is 0 Å². The third-order valence-corrected chi connectivity index (χ3v) is 2.84. The number of nitrogens with zero attached hydrogens (tertiary/aromatic N) is 1. The maximum Gasteiger partial charge on any atom is 0.325 e. The summed E-state index contributed by atoms with van der Waals surface area (Å²) in [5.41, 5.74) is 0.133. The zero-order valence-electron chi connectivity index (χ0n) is 12.6. The normalized spacial score (nSPS) is 10.0. The minimum Gasteiger partial charge on any atom is -0.507 e. The number of phenols is 1. The molecule has 0 saturated heterocycles. The highest BCUT2D eigenvalue weighted by atomic mass is 16.5. The van der Waals surface area contributed by atoms with E-state index in [4.69, 9.17) is 9.47 Å². The van der Waals surface area contributed by atoms with Crippen LogP contribution in [0.25, 0.3) is 0 Å². The van der Waals surface area contributed by atoms with Gasteiger partial charge in [-0.15, -0.1) is 0 Å². The van der Waals surface area contributed by atoms with Gasteiger partial charge in [-0.25, -0.2) is 0 Å². The third kappa shape index (κ3) is 4.66. The van der Waals surface area contributed by atoms with Gasteiger partial charge in [0, 0.05) is 12.6 Å². The number of carbonyl (C=O) groups is 2. The lowest BCUT2D eigenvalue weighted by Gasteiger charge is -2.21. The average Bonchev–Trinajstić information content (AvgIpc) is 2.46. The Bertz CT molecular complexity index is 501. The van der Waals surface area contributed by atoms with Crippen molar-refractivity contribution >= 4 is 11.9 Å². The summed E-state index contributed by atoms with van der Waals surface area (Å²) in [5.74, 6) is -0.599. The summed E-state index contributed by atoms with van der Waals surface area (Å²) in [6.45, 7) is 4.15. The first-order chi connectivity index (χ1) is 10.0. The van der Waals surface area contributed by atoms with Crippen molar-refractivity contribution in [2.24, 2.45) is 0 Å². The van der Waals surface area contributed by atoms with Gasteiger partial charge >= 0.3 is 5.97 Å². The molecule has 0 unspecified atom stereocenters. The molecule has 0 fully saturated rings. The third-order valence-electron chi connectivity index (χ3n) is 2.84. The zero-order valence-corrected chi connectivity index (χ0v) is 12.6. The fraction of sp³-hybridized carbons (Fsp3) is 0.467. The summed E-state index contributed by atoms with van der Waals surface area (Å²) >= 11 is 0. The van der Waals surface area contributed by atoms with Crippen LogP contribution in [0.4, 0.5) is 0 Å². The number of methoxy groups -OCH3 is 1. The molecular formula is C15H21NO5. The lowest BCUT2D eigenvalue weighted by Crippen LogP contribution is -2.37. The molecule has 0 atom stereocenters. The smallest absolute Gasteiger partial charge is 0.325 e. The van der Waals surface area contributed by atoms with E-state index in [1.54, 1.807) is 13.0 Å². The Kier molecular flexibility index (Phi) is 6.52. The molecule has 1 amide bonds. The number of phenolic OH excluding ortho intramolecular Hbond substituents is 1. The minimum atomic E-state index is -0.465. The number of esters is 1.